The second kappa shape index (κ2) is 8.50. The minimum Gasteiger partial charge on any atom is -0.352 e. The average molecular weight is 380 g/mol. The summed E-state index contributed by atoms with van der Waals surface area (Å²) in [5.74, 6) is -0.311. The number of nitrogens with one attached hydrogen (secondary N) is 1. The molecule has 7 heteroatoms. The smallest absolute Gasteiger partial charge is 0.224 e. The summed E-state index contributed by atoms with van der Waals surface area (Å²) in [6.07, 6.45) is 5.24. The Kier molecular flexibility index (Phi) is 6.32. The van der Waals surface area contributed by atoms with E-state index in [1.807, 2.05) is 12.1 Å². The van der Waals surface area contributed by atoms with Crippen molar-refractivity contribution in [2.75, 3.05) is 32.4 Å². The van der Waals surface area contributed by atoms with Gasteiger partial charge in [-0.2, -0.15) is 0 Å². The van der Waals surface area contributed by atoms with E-state index in [4.69, 9.17) is 0 Å². The summed E-state index contributed by atoms with van der Waals surface area (Å²) >= 11 is 0. The molecule has 2 aliphatic heterocycles. The molecular weight excluding hydrogens is 350 g/mol. The maximum absolute atomic E-state index is 12.5. The van der Waals surface area contributed by atoms with Crippen molar-refractivity contribution in [3.8, 4) is 0 Å². The van der Waals surface area contributed by atoms with Crippen LogP contribution in [0.2, 0.25) is 0 Å². The minimum atomic E-state index is -3.23. The van der Waals surface area contributed by atoms with E-state index in [0.29, 0.717) is 19.6 Å². The van der Waals surface area contributed by atoms with E-state index in [1.54, 1.807) is 0 Å². The summed E-state index contributed by atoms with van der Waals surface area (Å²) in [7, 11) is -3.23. The molecule has 1 atom stereocenters. The van der Waals surface area contributed by atoms with Gasteiger partial charge in [-0.15, -0.1) is 0 Å². The summed E-state index contributed by atoms with van der Waals surface area (Å²) in [6.45, 7) is 4.59. The number of carbonyl (C=O) groups excluding carboxylic acids is 1. The van der Waals surface area contributed by atoms with Gasteiger partial charge in [-0.1, -0.05) is 24.3 Å². The highest BCUT2D eigenvalue weighted by Gasteiger charge is 2.29. The number of piperidine rings is 1. The van der Waals surface area contributed by atoms with Crippen LogP contribution in [0, 0.1) is 5.92 Å². The topological polar surface area (TPSA) is 69.7 Å². The number of amides is 1. The Hall–Kier alpha value is -1.44. The summed E-state index contributed by atoms with van der Waals surface area (Å²) < 4.78 is 24.8. The van der Waals surface area contributed by atoms with Crippen LogP contribution in [0.25, 0.3) is 0 Å². The maximum atomic E-state index is 12.5. The van der Waals surface area contributed by atoms with Crippen molar-refractivity contribution in [1.29, 1.82) is 0 Å². The molecule has 0 aromatic heterocycles. The zero-order valence-corrected chi connectivity index (χ0v) is 16.3. The van der Waals surface area contributed by atoms with Gasteiger partial charge >= 0.3 is 0 Å². The third kappa shape index (κ3) is 5.28. The average Bonchev–Trinajstić information content (AvgIpc) is 3.12. The predicted octanol–water partition coefficient (Wildman–Crippen LogP) is 1.57. The monoisotopic (exact) mass is 379 g/mol. The molecule has 0 spiro atoms. The molecule has 144 valence electrons. The van der Waals surface area contributed by atoms with Crippen molar-refractivity contribution in [3.05, 3.63) is 35.4 Å². The molecule has 2 fully saturated rings. The number of sulfonamides is 1. The number of hydrogen-bond acceptors (Lipinski definition) is 4. The first-order valence-electron chi connectivity index (χ1n) is 9.45. The number of hydrogen-bond donors (Lipinski definition) is 1. The van der Waals surface area contributed by atoms with Crippen LogP contribution in [0.1, 0.15) is 36.8 Å². The molecule has 6 nitrogen and oxygen atoms in total. The van der Waals surface area contributed by atoms with Crippen molar-refractivity contribution < 1.29 is 13.2 Å². The highest BCUT2D eigenvalue weighted by Crippen LogP contribution is 2.19. The maximum Gasteiger partial charge on any atom is 0.224 e. The lowest BCUT2D eigenvalue weighted by Crippen LogP contribution is -2.44. The Morgan fingerprint density at radius 2 is 1.88 bits per heavy atom. The van der Waals surface area contributed by atoms with Crippen molar-refractivity contribution in [2.45, 2.75) is 38.8 Å². The Morgan fingerprint density at radius 1 is 1.15 bits per heavy atom. The van der Waals surface area contributed by atoms with Crippen LogP contribution >= 0.6 is 0 Å². The molecule has 1 aromatic carbocycles. The molecule has 0 radical (unpaired) electrons. The lowest BCUT2D eigenvalue weighted by molar-refractivity contribution is -0.126. The second-order valence-electron chi connectivity index (χ2n) is 7.48. The zero-order valence-electron chi connectivity index (χ0n) is 15.5. The van der Waals surface area contributed by atoms with Crippen molar-refractivity contribution in [3.63, 3.8) is 0 Å². The number of likely N-dealkylation sites (tertiary alicyclic amines) is 1. The lowest BCUT2D eigenvalue weighted by Gasteiger charge is -2.30. The first kappa shape index (κ1) is 19.3. The quantitative estimate of drug-likeness (QED) is 0.815. The molecule has 2 aliphatic rings. The van der Waals surface area contributed by atoms with Crippen molar-refractivity contribution in [1.82, 2.24) is 14.5 Å². The van der Waals surface area contributed by atoms with Crippen molar-refractivity contribution in [2.24, 2.45) is 5.92 Å². The van der Waals surface area contributed by atoms with Gasteiger partial charge in [0.15, 0.2) is 0 Å². The fraction of sp³-hybridized carbons (Fsp3) is 0.632. The fourth-order valence-corrected chi connectivity index (χ4v) is 4.74. The Balaban J connectivity index is 1.52. The van der Waals surface area contributed by atoms with Gasteiger partial charge in [0.25, 0.3) is 0 Å². The summed E-state index contributed by atoms with van der Waals surface area (Å²) in [6, 6.07) is 8.35. The van der Waals surface area contributed by atoms with E-state index in [-0.39, 0.29) is 11.8 Å². The van der Waals surface area contributed by atoms with Crippen LogP contribution in [0.3, 0.4) is 0 Å². The third-order valence-corrected chi connectivity index (χ3v) is 6.56. The third-order valence-electron chi connectivity index (χ3n) is 5.29. The molecule has 1 aromatic rings. The van der Waals surface area contributed by atoms with E-state index >= 15 is 0 Å². The Labute approximate surface area is 156 Å². The highest BCUT2D eigenvalue weighted by molar-refractivity contribution is 7.88. The molecule has 0 aliphatic carbocycles. The molecule has 0 saturated carbocycles. The molecule has 1 N–H and O–H groups in total. The lowest BCUT2D eigenvalue weighted by atomic mass is 9.98. The van der Waals surface area contributed by atoms with E-state index < -0.39 is 10.0 Å². The van der Waals surface area contributed by atoms with E-state index in [9.17, 15) is 13.2 Å². The predicted molar refractivity (Wildman–Crippen MR) is 102 cm³/mol. The summed E-state index contributed by atoms with van der Waals surface area (Å²) in [5, 5.41) is 2.99. The first-order valence-corrected chi connectivity index (χ1v) is 11.3. The second-order valence-corrected chi connectivity index (χ2v) is 9.46. The number of nitrogens with zero attached hydrogens (tertiary/aromatic N) is 2. The fourth-order valence-electron chi connectivity index (χ4n) is 3.83. The van der Waals surface area contributed by atoms with Gasteiger partial charge in [-0.25, -0.2) is 12.7 Å². The van der Waals surface area contributed by atoms with Crippen LogP contribution in [0.15, 0.2) is 24.3 Å². The van der Waals surface area contributed by atoms with Gasteiger partial charge in [0, 0.05) is 26.2 Å². The molecule has 3 rings (SSSR count). The first-order chi connectivity index (χ1) is 12.4. The number of benzene rings is 1. The van der Waals surface area contributed by atoms with Gasteiger partial charge in [0.05, 0.1) is 12.2 Å². The van der Waals surface area contributed by atoms with Gasteiger partial charge in [0.1, 0.15) is 0 Å². The van der Waals surface area contributed by atoms with Crippen LogP contribution in [0.4, 0.5) is 0 Å². The molecular formula is C19H29N3O3S. The summed E-state index contributed by atoms with van der Waals surface area (Å²) in [5.41, 5.74) is 2.37. The normalized spacial score (nSPS) is 22.4. The van der Waals surface area contributed by atoms with Gasteiger partial charge in [-0.05, 0) is 49.9 Å². The number of rotatable bonds is 6. The van der Waals surface area contributed by atoms with Crippen LogP contribution in [-0.4, -0.2) is 56.0 Å². The van der Waals surface area contributed by atoms with Gasteiger partial charge < -0.3 is 5.32 Å². The summed E-state index contributed by atoms with van der Waals surface area (Å²) in [4.78, 5) is 14.9. The highest BCUT2D eigenvalue weighted by atomic mass is 32.2. The molecule has 2 saturated heterocycles. The Bertz CT molecular complexity index is 729. The molecule has 26 heavy (non-hydrogen) atoms. The Morgan fingerprint density at radius 3 is 2.62 bits per heavy atom. The molecule has 0 bridgehead atoms. The van der Waals surface area contributed by atoms with E-state index in [2.05, 4.69) is 22.3 Å². The van der Waals surface area contributed by atoms with Crippen LogP contribution in [-0.2, 0) is 27.9 Å². The molecule has 2 heterocycles. The van der Waals surface area contributed by atoms with Crippen LogP contribution in [0.5, 0.6) is 0 Å². The minimum absolute atomic E-state index is 0.0525. The van der Waals surface area contributed by atoms with Crippen molar-refractivity contribution >= 4 is 15.9 Å². The van der Waals surface area contributed by atoms with Gasteiger partial charge in [-0.3, -0.25) is 9.69 Å². The van der Waals surface area contributed by atoms with E-state index in [0.717, 1.165) is 24.9 Å². The van der Waals surface area contributed by atoms with Gasteiger partial charge in [0.2, 0.25) is 15.9 Å². The zero-order chi connectivity index (χ0) is 18.6. The SMILES string of the molecule is CS(=O)(=O)N1CCCC(C(=O)NCc2cccc(CN3CCCC3)c2)C1. The largest absolute Gasteiger partial charge is 0.352 e. The standard InChI is InChI=1S/C19H29N3O3S/c1-26(24,25)22-11-5-8-18(15-22)19(23)20-13-16-6-4-7-17(12-16)14-21-9-2-3-10-21/h4,6-7,12,18H,2-3,5,8-11,13-15H2,1H3,(H,20,23). The molecule has 1 amide bonds. The van der Waals surface area contributed by atoms with E-state index in [1.165, 1.54) is 42.1 Å². The van der Waals surface area contributed by atoms with Crippen LogP contribution < -0.4 is 5.32 Å². The molecule has 1 unspecified atom stereocenters. The number of carbonyl (C=O) groups is 1.